The van der Waals surface area contributed by atoms with Crippen LogP contribution in [0.3, 0.4) is 0 Å². The number of carbonyl (C=O) groups is 1. The van der Waals surface area contributed by atoms with Gasteiger partial charge in [-0.25, -0.2) is 14.8 Å². The van der Waals surface area contributed by atoms with Gasteiger partial charge in [0.2, 0.25) is 5.88 Å². The van der Waals surface area contributed by atoms with Gasteiger partial charge >= 0.3 is 5.97 Å². The van der Waals surface area contributed by atoms with Gasteiger partial charge in [-0.1, -0.05) is 6.07 Å². The van der Waals surface area contributed by atoms with Gasteiger partial charge < -0.3 is 14.5 Å². The number of hydrogen-bond acceptors (Lipinski definition) is 5. The number of aromatic amines is 1. The first-order valence-corrected chi connectivity index (χ1v) is 6.31. The molecule has 2 aromatic heterocycles. The highest BCUT2D eigenvalue weighted by Crippen LogP contribution is 2.28. The highest BCUT2D eigenvalue weighted by atomic mass is 16.5. The predicted octanol–water partition coefficient (Wildman–Crippen LogP) is 2.42. The zero-order valence-electron chi connectivity index (χ0n) is 11.6. The van der Waals surface area contributed by atoms with Crippen molar-refractivity contribution in [3.05, 3.63) is 42.1 Å². The van der Waals surface area contributed by atoms with Gasteiger partial charge in [-0.15, -0.1) is 0 Å². The third-order valence-corrected chi connectivity index (χ3v) is 3.14. The van der Waals surface area contributed by atoms with Crippen molar-refractivity contribution in [2.45, 2.75) is 0 Å². The zero-order chi connectivity index (χ0) is 14.8. The van der Waals surface area contributed by atoms with Gasteiger partial charge in [-0.2, -0.15) is 0 Å². The number of imidazole rings is 1. The molecule has 0 fully saturated rings. The molecule has 6 nitrogen and oxygen atoms in total. The Morgan fingerprint density at radius 2 is 2.05 bits per heavy atom. The molecule has 0 aliphatic heterocycles. The number of carbonyl (C=O) groups excluding carboxylic acids is 1. The molecule has 0 aliphatic carbocycles. The maximum absolute atomic E-state index is 11.8. The topological polar surface area (TPSA) is 77.1 Å². The Kier molecular flexibility index (Phi) is 3.27. The van der Waals surface area contributed by atoms with Crippen LogP contribution in [0.1, 0.15) is 10.4 Å². The number of methoxy groups -OCH3 is 2. The van der Waals surface area contributed by atoms with Crippen molar-refractivity contribution in [1.82, 2.24) is 15.0 Å². The fraction of sp³-hybridized carbons (Fsp3) is 0.133. The highest BCUT2D eigenvalue weighted by Gasteiger charge is 2.16. The molecular weight excluding hydrogens is 270 g/mol. The van der Waals surface area contributed by atoms with Crippen molar-refractivity contribution in [3.8, 4) is 17.3 Å². The molecule has 3 aromatic rings. The Balaban J connectivity index is 2.20. The number of esters is 1. The van der Waals surface area contributed by atoms with E-state index in [1.807, 2.05) is 12.1 Å². The molecule has 0 aliphatic rings. The van der Waals surface area contributed by atoms with Crippen LogP contribution < -0.4 is 4.74 Å². The highest BCUT2D eigenvalue weighted by molar-refractivity contribution is 6.02. The summed E-state index contributed by atoms with van der Waals surface area (Å²) in [5.74, 6) is 0.638. The number of ether oxygens (including phenoxy) is 2. The summed E-state index contributed by atoms with van der Waals surface area (Å²) in [5, 5.41) is 0. The second kappa shape index (κ2) is 5.24. The lowest BCUT2D eigenvalue weighted by molar-refractivity contribution is 0.0603. The number of nitrogens with zero attached hydrogens (tertiary/aromatic N) is 2. The summed E-state index contributed by atoms with van der Waals surface area (Å²) in [6.45, 7) is 0. The molecule has 0 bridgehead atoms. The smallest absolute Gasteiger partial charge is 0.340 e. The van der Waals surface area contributed by atoms with Crippen LogP contribution in [-0.2, 0) is 4.74 Å². The number of hydrogen-bond donors (Lipinski definition) is 1. The lowest BCUT2D eigenvalue weighted by Crippen LogP contribution is -2.01. The fourth-order valence-corrected chi connectivity index (χ4v) is 2.17. The van der Waals surface area contributed by atoms with Gasteiger partial charge in [0.25, 0.3) is 0 Å². The first kappa shape index (κ1) is 13.1. The van der Waals surface area contributed by atoms with E-state index < -0.39 is 5.97 Å². The summed E-state index contributed by atoms with van der Waals surface area (Å²) in [4.78, 5) is 23.6. The van der Waals surface area contributed by atoms with Crippen LogP contribution in [-0.4, -0.2) is 35.1 Å². The van der Waals surface area contributed by atoms with E-state index in [4.69, 9.17) is 9.47 Å². The van der Waals surface area contributed by atoms with Crippen molar-refractivity contribution in [1.29, 1.82) is 0 Å². The number of benzene rings is 1. The van der Waals surface area contributed by atoms with E-state index in [1.165, 1.54) is 7.11 Å². The summed E-state index contributed by atoms with van der Waals surface area (Å²) >= 11 is 0. The minimum absolute atomic E-state index is 0.417. The Bertz CT molecular complexity index is 811. The van der Waals surface area contributed by atoms with Crippen molar-refractivity contribution < 1.29 is 14.3 Å². The predicted molar refractivity (Wildman–Crippen MR) is 77.2 cm³/mol. The van der Waals surface area contributed by atoms with Crippen LogP contribution in [0.5, 0.6) is 5.88 Å². The van der Waals surface area contributed by atoms with Gasteiger partial charge in [0.1, 0.15) is 11.3 Å². The van der Waals surface area contributed by atoms with Crippen LogP contribution in [0.15, 0.2) is 36.5 Å². The van der Waals surface area contributed by atoms with Crippen molar-refractivity contribution in [2.75, 3.05) is 14.2 Å². The molecule has 0 atom stereocenters. The van der Waals surface area contributed by atoms with Crippen LogP contribution >= 0.6 is 0 Å². The molecule has 21 heavy (non-hydrogen) atoms. The Labute approximate surface area is 120 Å². The number of H-pyrrole nitrogens is 1. The third kappa shape index (κ3) is 2.20. The average Bonchev–Trinajstić information content (AvgIpc) is 2.97. The molecule has 0 amide bonds. The quantitative estimate of drug-likeness (QED) is 0.747. The number of aromatic nitrogens is 3. The fourth-order valence-electron chi connectivity index (χ4n) is 2.17. The summed E-state index contributed by atoms with van der Waals surface area (Å²) in [5.41, 5.74) is 2.46. The first-order chi connectivity index (χ1) is 10.2. The maximum Gasteiger partial charge on any atom is 0.340 e. The van der Waals surface area contributed by atoms with Gasteiger partial charge in [0.05, 0.1) is 30.9 Å². The Hall–Kier alpha value is -2.89. The van der Waals surface area contributed by atoms with E-state index in [0.29, 0.717) is 22.8 Å². The number of nitrogens with one attached hydrogen (secondary N) is 1. The molecule has 6 heteroatoms. The molecule has 0 unspecified atom stereocenters. The first-order valence-electron chi connectivity index (χ1n) is 6.31. The minimum atomic E-state index is -0.420. The number of pyridine rings is 1. The van der Waals surface area contributed by atoms with E-state index >= 15 is 0 Å². The number of rotatable bonds is 3. The molecule has 1 N–H and O–H groups in total. The van der Waals surface area contributed by atoms with Crippen LogP contribution in [0, 0.1) is 0 Å². The molecular formula is C15H13N3O3. The van der Waals surface area contributed by atoms with E-state index in [0.717, 1.165) is 11.1 Å². The minimum Gasteiger partial charge on any atom is -0.480 e. The molecule has 2 heterocycles. The summed E-state index contributed by atoms with van der Waals surface area (Å²) < 4.78 is 10.0. The lowest BCUT2D eigenvalue weighted by Gasteiger charge is -2.03. The third-order valence-electron chi connectivity index (χ3n) is 3.14. The van der Waals surface area contributed by atoms with Gasteiger partial charge in [0, 0.05) is 6.20 Å². The summed E-state index contributed by atoms with van der Waals surface area (Å²) in [6.07, 6.45) is 1.64. The molecule has 0 saturated heterocycles. The van der Waals surface area contributed by atoms with Gasteiger partial charge in [-0.3, -0.25) is 0 Å². The van der Waals surface area contributed by atoms with E-state index in [1.54, 1.807) is 31.5 Å². The molecule has 3 rings (SSSR count). The second-order valence-corrected chi connectivity index (χ2v) is 4.34. The molecule has 106 valence electrons. The summed E-state index contributed by atoms with van der Waals surface area (Å²) in [6, 6.07) is 8.95. The maximum atomic E-state index is 11.8. The van der Waals surface area contributed by atoms with Crippen molar-refractivity contribution in [2.24, 2.45) is 0 Å². The van der Waals surface area contributed by atoms with Crippen molar-refractivity contribution >= 4 is 17.0 Å². The Morgan fingerprint density at radius 1 is 1.19 bits per heavy atom. The lowest BCUT2D eigenvalue weighted by atomic mass is 10.2. The largest absolute Gasteiger partial charge is 0.480 e. The standard InChI is InChI=1S/C15H13N3O3/c1-20-14-10(6-4-8-16-14)13-17-11-7-3-5-9(12(11)18-13)15(19)21-2/h3-8H,1-2H3,(H,17,18). The SMILES string of the molecule is COC(=O)c1cccc2[nH]c(-c3cccnc3OC)nc12. The van der Waals surface area contributed by atoms with Gasteiger partial charge in [0.15, 0.2) is 0 Å². The van der Waals surface area contributed by atoms with Crippen molar-refractivity contribution in [3.63, 3.8) is 0 Å². The normalized spacial score (nSPS) is 10.6. The monoisotopic (exact) mass is 283 g/mol. The summed E-state index contributed by atoms with van der Waals surface area (Å²) in [7, 11) is 2.90. The zero-order valence-corrected chi connectivity index (χ0v) is 11.6. The molecule has 0 spiro atoms. The van der Waals surface area contributed by atoms with E-state index in [9.17, 15) is 4.79 Å². The Morgan fingerprint density at radius 3 is 2.81 bits per heavy atom. The molecule has 0 saturated carbocycles. The van der Waals surface area contributed by atoms with Crippen LogP contribution in [0.4, 0.5) is 0 Å². The number of fused-ring (bicyclic) bond motifs is 1. The van der Waals surface area contributed by atoms with E-state index in [2.05, 4.69) is 15.0 Å². The van der Waals surface area contributed by atoms with E-state index in [-0.39, 0.29) is 0 Å². The average molecular weight is 283 g/mol. The van der Waals surface area contributed by atoms with Crippen LogP contribution in [0.25, 0.3) is 22.4 Å². The molecule has 1 aromatic carbocycles. The molecule has 0 radical (unpaired) electrons. The van der Waals surface area contributed by atoms with Crippen LogP contribution in [0.2, 0.25) is 0 Å². The number of para-hydroxylation sites is 1. The second-order valence-electron chi connectivity index (χ2n) is 4.34. The van der Waals surface area contributed by atoms with Gasteiger partial charge in [-0.05, 0) is 24.3 Å².